The molecule has 0 saturated heterocycles. The van der Waals surface area contributed by atoms with Gasteiger partial charge in [-0.05, 0) is 63.1 Å². The first-order valence-corrected chi connectivity index (χ1v) is 13.8. The van der Waals surface area contributed by atoms with Gasteiger partial charge >= 0.3 is 0 Å². The SMILES string of the molecule is CCCCC/C=C\C/C=C\C/C=C\CCCCC(=O)O[Si](C)(C)C(C)(C)C. The normalized spacial score (nSPS) is 13.3. The van der Waals surface area contributed by atoms with Crippen molar-refractivity contribution in [2.45, 2.75) is 110 Å². The molecule has 156 valence electrons. The minimum absolute atomic E-state index is 0.0174. The van der Waals surface area contributed by atoms with Crippen LogP contribution in [0.5, 0.6) is 0 Å². The standard InChI is InChI=1S/C24H44O2Si/c1-7-8-9-10-11-12-13-14-15-16-17-18-19-20-21-22-23(25)26-27(5,6)24(2,3)4/h11-12,14-15,17-18H,7-10,13,16,19-22H2,1-6H3/b12-11-,15-14-,18-17-. The lowest BCUT2D eigenvalue weighted by Crippen LogP contribution is -2.42. The lowest BCUT2D eigenvalue weighted by Gasteiger charge is -2.35. The highest BCUT2D eigenvalue weighted by molar-refractivity contribution is 6.75. The Labute approximate surface area is 170 Å². The van der Waals surface area contributed by atoms with E-state index in [1.54, 1.807) is 0 Å². The van der Waals surface area contributed by atoms with Crippen molar-refractivity contribution in [1.82, 2.24) is 0 Å². The smallest absolute Gasteiger partial charge is 0.292 e. The van der Waals surface area contributed by atoms with Gasteiger partial charge in [0.15, 0.2) is 0 Å². The van der Waals surface area contributed by atoms with Gasteiger partial charge in [0.1, 0.15) is 0 Å². The molecule has 0 aromatic rings. The van der Waals surface area contributed by atoms with Gasteiger partial charge in [-0.2, -0.15) is 0 Å². The summed E-state index contributed by atoms with van der Waals surface area (Å²) in [5, 5.41) is 0.0871. The van der Waals surface area contributed by atoms with Gasteiger partial charge in [0.25, 0.3) is 14.3 Å². The van der Waals surface area contributed by atoms with E-state index in [4.69, 9.17) is 4.43 Å². The zero-order valence-corrected chi connectivity index (χ0v) is 19.9. The second-order valence-corrected chi connectivity index (χ2v) is 13.6. The summed E-state index contributed by atoms with van der Waals surface area (Å²) in [5.74, 6) is -0.0174. The van der Waals surface area contributed by atoms with Crippen LogP contribution in [0.3, 0.4) is 0 Å². The molecule has 0 saturated carbocycles. The molecule has 0 bridgehead atoms. The fraction of sp³-hybridized carbons (Fsp3) is 0.708. The zero-order chi connectivity index (χ0) is 20.6. The molecule has 0 aromatic heterocycles. The third kappa shape index (κ3) is 14.6. The van der Waals surface area contributed by atoms with E-state index in [9.17, 15) is 4.79 Å². The van der Waals surface area contributed by atoms with E-state index in [-0.39, 0.29) is 11.0 Å². The average Bonchev–Trinajstić information content (AvgIpc) is 2.57. The Kier molecular flexibility index (Phi) is 14.3. The number of carbonyl (C=O) groups excluding carboxylic acids is 1. The van der Waals surface area contributed by atoms with Crippen LogP contribution in [0.15, 0.2) is 36.5 Å². The number of rotatable bonds is 14. The van der Waals surface area contributed by atoms with Gasteiger partial charge in [0.2, 0.25) is 0 Å². The molecule has 0 amide bonds. The molecule has 27 heavy (non-hydrogen) atoms. The summed E-state index contributed by atoms with van der Waals surface area (Å²) in [6.07, 6.45) is 24.2. The quantitative estimate of drug-likeness (QED) is 0.169. The summed E-state index contributed by atoms with van der Waals surface area (Å²) >= 11 is 0. The number of allylic oxidation sites excluding steroid dienone is 6. The third-order valence-corrected chi connectivity index (χ3v) is 9.55. The van der Waals surface area contributed by atoms with Crippen LogP contribution in [0.25, 0.3) is 0 Å². The first-order valence-electron chi connectivity index (χ1n) is 10.9. The molecule has 0 atom stereocenters. The fourth-order valence-corrected chi connectivity index (χ4v) is 3.29. The monoisotopic (exact) mass is 392 g/mol. The van der Waals surface area contributed by atoms with E-state index in [0.717, 1.165) is 32.1 Å². The van der Waals surface area contributed by atoms with Crippen molar-refractivity contribution in [2.24, 2.45) is 0 Å². The van der Waals surface area contributed by atoms with Gasteiger partial charge in [-0.25, -0.2) is 0 Å². The Morgan fingerprint density at radius 2 is 1.30 bits per heavy atom. The van der Waals surface area contributed by atoms with Gasteiger partial charge in [0.05, 0.1) is 0 Å². The van der Waals surface area contributed by atoms with Crippen LogP contribution in [0.1, 0.15) is 91.9 Å². The van der Waals surface area contributed by atoms with E-state index in [1.165, 1.54) is 25.7 Å². The molecule has 0 aliphatic heterocycles. The summed E-state index contributed by atoms with van der Waals surface area (Å²) in [4.78, 5) is 12.0. The van der Waals surface area contributed by atoms with Crippen molar-refractivity contribution in [3.05, 3.63) is 36.5 Å². The largest absolute Gasteiger partial charge is 0.519 e. The number of unbranched alkanes of at least 4 members (excludes halogenated alkanes) is 5. The highest BCUT2D eigenvalue weighted by Gasteiger charge is 2.40. The number of hydrogen-bond donors (Lipinski definition) is 0. The zero-order valence-electron chi connectivity index (χ0n) is 18.9. The summed E-state index contributed by atoms with van der Waals surface area (Å²) in [5.41, 5.74) is 0. The van der Waals surface area contributed by atoms with E-state index in [1.807, 2.05) is 0 Å². The van der Waals surface area contributed by atoms with E-state index in [2.05, 4.69) is 77.2 Å². The van der Waals surface area contributed by atoms with Crippen LogP contribution >= 0.6 is 0 Å². The maximum Gasteiger partial charge on any atom is 0.292 e. The van der Waals surface area contributed by atoms with Crippen molar-refractivity contribution >= 4 is 14.3 Å². The second kappa shape index (κ2) is 14.9. The topological polar surface area (TPSA) is 26.3 Å². The van der Waals surface area contributed by atoms with Crippen molar-refractivity contribution in [3.63, 3.8) is 0 Å². The first-order chi connectivity index (χ1) is 12.7. The van der Waals surface area contributed by atoms with Crippen LogP contribution in [-0.2, 0) is 9.22 Å². The molecule has 0 N–H and O–H groups in total. The summed E-state index contributed by atoms with van der Waals surface area (Å²) < 4.78 is 5.79. The van der Waals surface area contributed by atoms with Crippen LogP contribution in [0.4, 0.5) is 0 Å². The fourth-order valence-electron chi connectivity index (χ4n) is 2.31. The van der Waals surface area contributed by atoms with E-state index in [0.29, 0.717) is 6.42 Å². The lowest BCUT2D eigenvalue weighted by molar-refractivity contribution is -0.135. The Morgan fingerprint density at radius 1 is 0.815 bits per heavy atom. The van der Waals surface area contributed by atoms with Crippen LogP contribution in [0, 0.1) is 0 Å². The Morgan fingerprint density at radius 3 is 1.78 bits per heavy atom. The Balaban J connectivity index is 3.68. The summed E-state index contributed by atoms with van der Waals surface area (Å²) in [7, 11) is -1.95. The molecule has 0 spiro atoms. The van der Waals surface area contributed by atoms with E-state index >= 15 is 0 Å². The Bertz CT molecular complexity index is 467. The predicted molar refractivity (Wildman–Crippen MR) is 123 cm³/mol. The van der Waals surface area contributed by atoms with Crippen molar-refractivity contribution in [1.29, 1.82) is 0 Å². The van der Waals surface area contributed by atoms with Crippen LogP contribution < -0.4 is 0 Å². The minimum atomic E-state index is -1.95. The Hall–Kier alpha value is -1.09. The lowest BCUT2D eigenvalue weighted by atomic mass is 10.2. The van der Waals surface area contributed by atoms with Crippen molar-refractivity contribution in [3.8, 4) is 0 Å². The molecular formula is C24H44O2Si. The molecule has 0 aromatic carbocycles. The molecular weight excluding hydrogens is 348 g/mol. The molecule has 0 fully saturated rings. The minimum Gasteiger partial charge on any atom is -0.519 e. The number of hydrogen-bond acceptors (Lipinski definition) is 2. The van der Waals surface area contributed by atoms with E-state index < -0.39 is 8.32 Å². The van der Waals surface area contributed by atoms with Crippen molar-refractivity contribution < 1.29 is 9.22 Å². The highest BCUT2D eigenvalue weighted by atomic mass is 28.4. The molecule has 3 heteroatoms. The van der Waals surface area contributed by atoms with Gasteiger partial charge in [-0.15, -0.1) is 0 Å². The molecule has 0 heterocycles. The number of carbonyl (C=O) groups is 1. The molecule has 0 aliphatic carbocycles. The average molecular weight is 393 g/mol. The molecule has 0 aliphatic rings. The van der Waals surface area contributed by atoms with Crippen molar-refractivity contribution in [2.75, 3.05) is 0 Å². The predicted octanol–water partition coefficient (Wildman–Crippen LogP) is 8.12. The molecule has 0 radical (unpaired) electrons. The van der Waals surface area contributed by atoms with Gasteiger partial charge in [-0.1, -0.05) is 77.0 Å². The van der Waals surface area contributed by atoms with Gasteiger partial charge in [0, 0.05) is 6.42 Å². The summed E-state index contributed by atoms with van der Waals surface area (Å²) in [6, 6.07) is 0. The first kappa shape index (κ1) is 25.9. The second-order valence-electron chi connectivity index (χ2n) is 8.86. The maximum absolute atomic E-state index is 12.0. The van der Waals surface area contributed by atoms with Crippen LogP contribution in [-0.4, -0.2) is 14.3 Å². The third-order valence-electron chi connectivity index (χ3n) is 5.20. The van der Waals surface area contributed by atoms with Crippen LogP contribution in [0.2, 0.25) is 18.1 Å². The highest BCUT2D eigenvalue weighted by Crippen LogP contribution is 2.36. The van der Waals surface area contributed by atoms with Gasteiger partial charge in [-0.3, -0.25) is 4.79 Å². The molecule has 0 unspecified atom stereocenters. The summed E-state index contributed by atoms with van der Waals surface area (Å²) in [6.45, 7) is 13.0. The van der Waals surface area contributed by atoms with Gasteiger partial charge < -0.3 is 4.43 Å². The molecule has 2 nitrogen and oxygen atoms in total. The molecule has 0 rings (SSSR count). The maximum atomic E-state index is 12.0.